The highest BCUT2D eigenvalue weighted by molar-refractivity contribution is 5.92. The Kier molecular flexibility index (Phi) is 3.35. The van der Waals surface area contributed by atoms with Crippen molar-refractivity contribution in [2.75, 3.05) is 5.32 Å². The molecule has 2 N–H and O–H groups in total. The van der Waals surface area contributed by atoms with Gasteiger partial charge in [-0.05, 0) is 31.1 Å². The molecule has 1 aromatic rings. The molecule has 0 bridgehead atoms. The Morgan fingerprint density at radius 3 is 2.83 bits per heavy atom. The molecule has 4 heteroatoms. The van der Waals surface area contributed by atoms with Crippen LogP contribution in [0.4, 0.5) is 5.69 Å². The molecule has 98 valence electrons. The van der Waals surface area contributed by atoms with E-state index in [0.29, 0.717) is 0 Å². The zero-order chi connectivity index (χ0) is 12.4. The van der Waals surface area contributed by atoms with Gasteiger partial charge in [-0.25, -0.2) is 0 Å². The van der Waals surface area contributed by atoms with Crippen molar-refractivity contribution in [2.24, 2.45) is 17.8 Å². The Morgan fingerprint density at radius 2 is 2.06 bits per heavy atom. The highest BCUT2D eigenvalue weighted by atomic mass is 16.1. The minimum Gasteiger partial charge on any atom is -0.323 e. The highest BCUT2D eigenvalue weighted by Gasteiger charge is 2.34. The summed E-state index contributed by atoms with van der Waals surface area (Å²) in [5.74, 6) is 2.09. The van der Waals surface area contributed by atoms with E-state index >= 15 is 0 Å². The number of rotatable bonds is 2. The van der Waals surface area contributed by atoms with Crippen molar-refractivity contribution in [1.29, 1.82) is 0 Å². The molecule has 0 radical (unpaired) electrons. The third-order valence-electron chi connectivity index (χ3n) is 4.68. The van der Waals surface area contributed by atoms with Gasteiger partial charge in [0.2, 0.25) is 5.91 Å². The van der Waals surface area contributed by atoms with Crippen molar-refractivity contribution in [3.8, 4) is 0 Å². The van der Waals surface area contributed by atoms with Crippen LogP contribution in [0.15, 0.2) is 12.4 Å². The smallest absolute Gasteiger partial charge is 0.227 e. The molecule has 18 heavy (non-hydrogen) atoms. The van der Waals surface area contributed by atoms with E-state index in [-0.39, 0.29) is 11.8 Å². The van der Waals surface area contributed by atoms with Crippen LogP contribution in [-0.4, -0.2) is 16.1 Å². The molecule has 2 fully saturated rings. The molecule has 3 atom stereocenters. The number of aromatic nitrogens is 2. The number of amides is 1. The molecule has 0 spiro atoms. The third-order valence-corrected chi connectivity index (χ3v) is 4.68. The van der Waals surface area contributed by atoms with E-state index in [1.54, 1.807) is 12.4 Å². The molecule has 4 nitrogen and oxygen atoms in total. The van der Waals surface area contributed by atoms with Gasteiger partial charge in [0.25, 0.3) is 0 Å². The van der Waals surface area contributed by atoms with Gasteiger partial charge in [0.05, 0.1) is 11.9 Å². The predicted octanol–water partition coefficient (Wildman–Crippen LogP) is 2.95. The van der Waals surface area contributed by atoms with Gasteiger partial charge in [-0.15, -0.1) is 0 Å². The third kappa shape index (κ3) is 2.42. The second-order valence-electron chi connectivity index (χ2n) is 5.79. The van der Waals surface area contributed by atoms with Crippen molar-refractivity contribution < 1.29 is 4.79 Å². The molecule has 0 aliphatic heterocycles. The predicted molar refractivity (Wildman–Crippen MR) is 70.0 cm³/mol. The van der Waals surface area contributed by atoms with Crippen LogP contribution in [0, 0.1) is 17.8 Å². The first kappa shape index (κ1) is 11.8. The minimum absolute atomic E-state index is 0.181. The maximum absolute atomic E-state index is 12.2. The number of H-pyrrole nitrogens is 1. The van der Waals surface area contributed by atoms with Crippen molar-refractivity contribution in [1.82, 2.24) is 10.2 Å². The average molecular weight is 247 g/mol. The molecule has 3 rings (SSSR count). The van der Waals surface area contributed by atoms with Gasteiger partial charge < -0.3 is 5.32 Å². The number of hydrogen-bond acceptors (Lipinski definition) is 2. The summed E-state index contributed by atoms with van der Waals surface area (Å²) >= 11 is 0. The lowest BCUT2D eigenvalue weighted by Crippen LogP contribution is -2.33. The van der Waals surface area contributed by atoms with E-state index in [1.807, 2.05) is 0 Å². The standard InChI is InChI=1S/C14H21N3O/c18-14(17-13-8-15-16-9-13)12-6-5-10-3-1-2-4-11(10)7-12/h8-12H,1-7H2,(H,15,16)(H,17,18). The summed E-state index contributed by atoms with van der Waals surface area (Å²) in [4.78, 5) is 12.2. The van der Waals surface area contributed by atoms with Gasteiger partial charge in [-0.2, -0.15) is 5.10 Å². The summed E-state index contributed by atoms with van der Waals surface area (Å²) < 4.78 is 0. The van der Waals surface area contributed by atoms with Crippen LogP contribution < -0.4 is 5.32 Å². The molecule has 1 aromatic heterocycles. The lowest BCUT2D eigenvalue weighted by atomic mass is 9.67. The Hall–Kier alpha value is -1.32. The zero-order valence-electron chi connectivity index (χ0n) is 10.7. The number of anilines is 1. The normalized spacial score (nSPS) is 31.7. The van der Waals surface area contributed by atoms with Crippen LogP contribution in [0.1, 0.15) is 44.9 Å². The highest BCUT2D eigenvalue weighted by Crippen LogP contribution is 2.42. The monoisotopic (exact) mass is 247 g/mol. The van der Waals surface area contributed by atoms with Crippen molar-refractivity contribution in [2.45, 2.75) is 44.9 Å². The number of carbonyl (C=O) groups is 1. The van der Waals surface area contributed by atoms with Gasteiger partial charge in [0, 0.05) is 12.1 Å². The van der Waals surface area contributed by atoms with Crippen LogP contribution in [0.5, 0.6) is 0 Å². The van der Waals surface area contributed by atoms with Crippen LogP contribution in [0.2, 0.25) is 0 Å². The summed E-state index contributed by atoms with van der Waals surface area (Å²) in [6.07, 6.45) is 12.3. The molecule has 2 aliphatic rings. The fraction of sp³-hybridized carbons (Fsp3) is 0.714. The molecular weight excluding hydrogens is 226 g/mol. The van der Waals surface area contributed by atoms with E-state index in [2.05, 4.69) is 15.5 Å². The average Bonchev–Trinajstić information content (AvgIpc) is 2.91. The second kappa shape index (κ2) is 5.12. The zero-order valence-corrected chi connectivity index (χ0v) is 10.7. The summed E-state index contributed by atoms with van der Waals surface area (Å²) in [5.41, 5.74) is 0.783. The summed E-state index contributed by atoms with van der Waals surface area (Å²) in [5, 5.41) is 9.52. The first-order valence-electron chi connectivity index (χ1n) is 7.12. The fourth-order valence-corrected chi connectivity index (χ4v) is 3.68. The minimum atomic E-state index is 0.181. The Morgan fingerprint density at radius 1 is 1.22 bits per heavy atom. The molecule has 1 amide bonds. The molecule has 1 heterocycles. The molecule has 0 aromatic carbocycles. The van der Waals surface area contributed by atoms with Crippen LogP contribution >= 0.6 is 0 Å². The van der Waals surface area contributed by atoms with Gasteiger partial charge >= 0.3 is 0 Å². The molecule has 0 saturated heterocycles. The lowest BCUT2D eigenvalue weighted by Gasteiger charge is -2.38. The molecular formula is C14H21N3O. The van der Waals surface area contributed by atoms with Gasteiger partial charge in [-0.1, -0.05) is 25.7 Å². The first-order chi connectivity index (χ1) is 8.83. The van der Waals surface area contributed by atoms with Crippen LogP contribution in [0.3, 0.4) is 0 Å². The summed E-state index contributed by atoms with van der Waals surface area (Å²) in [6.45, 7) is 0. The quantitative estimate of drug-likeness (QED) is 0.844. The SMILES string of the molecule is O=C(Nc1cn[nH]c1)C1CCC2CCCCC2C1. The van der Waals surface area contributed by atoms with Crippen molar-refractivity contribution in [3.63, 3.8) is 0 Å². The Bertz CT molecular complexity index is 401. The topological polar surface area (TPSA) is 57.8 Å². The van der Waals surface area contributed by atoms with E-state index in [4.69, 9.17) is 0 Å². The largest absolute Gasteiger partial charge is 0.323 e. The van der Waals surface area contributed by atoms with Crippen molar-refractivity contribution >= 4 is 11.6 Å². The summed E-state index contributed by atoms with van der Waals surface area (Å²) in [7, 11) is 0. The number of nitrogens with one attached hydrogen (secondary N) is 2. The van der Waals surface area contributed by atoms with Crippen LogP contribution in [-0.2, 0) is 4.79 Å². The number of fused-ring (bicyclic) bond motifs is 1. The number of hydrogen-bond donors (Lipinski definition) is 2. The number of nitrogens with zero attached hydrogens (tertiary/aromatic N) is 1. The molecule has 2 aliphatic carbocycles. The van der Waals surface area contributed by atoms with E-state index < -0.39 is 0 Å². The van der Waals surface area contributed by atoms with Gasteiger partial charge in [-0.3, -0.25) is 9.89 Å². The molecule has 3 unspecified atom stereocenters. The maximum atomic E-state index is 12.2. The lowest BCUT2D eigenvalue weighted by molar-refractivity contribution is -0.122. The van der Waals surface area contributed by atoms with Gasteiger partial charge in [0.15, 0.2) is 0 Å². The number of aromatic amines is 1. The van der Waals surface area contributed by atoms with Crippen molar-refractivity contribution in [3.05, 3.63) is 12.4 Å². The van der Waals surface area contributed by atoms with E-state index in [0.717, 1.165) is 30.4 Å². The first-order valence-corrected chi connectivity index (χ1v) is 7.12. The Balaban J connectivity index is 1.58. The molecule has 2 saturated carbocycles. The van der Waals surface area contributed by atoms with Crippen LogP contribution in [0.25, 0.3) is 0 Å². The second-order valence-corrected chi connectivity index (χ2v) is 5.79. The van der Waals surface area contributed by atoms with Gasteiger partial charge in [0.1, 0.15) is 0 Å². The number of carbonyl (C=O) groups excluding carboxylic acids is 1. The Labute approximate surface area is 108 Å². The maximum Gasteiger partial charge on any atom is 0.227 e. The summed E-state index contributed by atoms with van der Waals surface area (Å²) in [6, 6.07) is 0. The fourth-order valence-electron chi connectivity index (χ4n) is 3.68. The van der Waals surface area contributed by atoms with E-state index in [9.17, 15) is 4.79 Å². The van der Waals surface area contributed by atoms with E-state index in [1.165, 1.54) is 32.1 Å².